The van der Waals surface area contributed by atoms with Gasteiger partial charge in [-0.3, -0.25) is 10.7 Å². The van der Waals surface area contributed by atoms with E-state index < -0.39 is 0 Å². The average Bonchev–Trinajstić information content (AvgIpc) is 2.07. The Hall–Kier alpha value is -0.940. The third kappa shape index (κ3) is 2.28. The van der Waals surface area contributed by atoms with Crippen molar-refractivity contribution in [1.82, 2.24) is 10.5 Å². The van der Waals surface area contributed by atoms with Crippen LogP contribution in [-0.4, -0.2) is 16.5 Å². The van der Waals surface area contributed by atoms with Crippen molar-refractivity contribution in [1.29, 1.82) is 0 Å². The molecular weight excluding hydrogens is 222 g/mol. The second kappa shape index (κ2) is 4.18. The van der Waals surface area contributed by atoms with Crippen LogP contribution in [0.15, 0.2) is 21.7 Å². The summed E-state index contributed by atoms with van der Waals surface area (Å²) in [6.45, 7) is 1.94. The molecule has 1 rings (SSSR count). The summed E-state index contributed by atoms with van der Waals surface area (Å²) in [6.07, 6.45) is 1.16. The third-order valence-electron chi connectivity index (χ3n) is 1.28. The van der Waals surface area contributed by atoms with Crippen LogP contribution in [0.1, 0.15) is 5.56 Å². The second-order valence-corrected chi connectivity index (χ2v) is 2.92. The fraction of sp³-hybridized carbons (Fsp3) is 0.143. The van der Waals surface area contributed by atoms with E-state index >= 15 is 0 Å². The van der Waals surface area contributed by atoms with Gasteiger partial charge in [0.05, 0.1) is 0 Å². The predicted molar refractivity (Wildman–Crippen MR) is 49.7 cm³/mol. The highest BCUT2D eigenvalue weighted by molar-refractivity contribution is 9.10. The number of aromatic nitrogens is 1. The van der Waals surface area contributed by atoms with Gasteiger partial charge in [-0.05, 0) is 34.5 Å². The van der Waals surface area contributed by atoms with E-state index in [0.717, 1.165) is 16.5 Å². The normalized spacial score (nSPS) is 10.6. The van der Waals surface area contributed by atoms with Gasteiger partial charge >= 0.3 is 0 Å². The first kappa shape index (κ1) is 9.15. The fourth-order valence-electron chi connectivity index (χ4n) is 0.661. The molecule has 0 aliphatic heterocycles. The Bertz CT molecular complexity index is 301. The first-order chi connectivity index (χ1) is 5.74. The average molecular weight is 230 g/mol. The summed E-state index contributed by atoms with van der Waals surface area (Å²) in [5.74, 6) is 0.536. The molecule has 2 N–H and O–H groups in total. The minimum atomic E-state index is 0.536. The first-order valence-electron chi connectivity index (χ1n) is 3.29. The van der Waals surface area contributed by atoms with Crippen LogP contribution in [0.3, 0.4) is 0 Å². The van der Waals surface area contributed by atoms with Gasteiger partial charge in [-0.2, -0.15) is 0 Å². The largest absolute Gasteiger partial charge is 0.290 e. The molecular formula is C7H8BrN3O. The number of pyridine rings is 1. The highest BCUT2D eigenvalue weighted by atomic mass is 79.9. The molecule has 0 aromatic carbocycles. The van der Waals surface area contributed by atoms with E-state index in [2.05, 4.69) is 25.9 Å². The van der Waals surface area contributed by atoms with Crippen LogP contribution >= 0.6 is 15.9 Å². The monoisotopic (exact) mass is 229 g/mol. The maximum atomic E-state index is 8.21. The number of halogens is 1. The number of hydroxylamine groups is 1. The van der Waals surface area contributed by atoms with Gasteiger partial charge in [0, 0.05) is 0 Å². The Morgan fingerprint density at radius 3 is 3.00 bits per heavy atom. The van der Waals surface area contributed by atoms with Gasteiger partial charge < -0.3 is 0 Å². The molecule has 1 aromatic rings. The van der Waals surface area contributed by atoms with Gasteiger partial charge in [-0.1, -0.05) is 6.07 Å². The maximum Gasteiger partial charge on any atom is 0.154 e. The molecule has 64 valence electrons. The molecule has 1 aromatic heterocycles. The van der Waals surface area contributed by atoms with E-state index in [1.807, 2.05) is 13.0 Å². The summed E-state index contributed by atoms with van der Waals surface area (Å²) in [5.41, 5.74) is 2.85. The van der Waals surface area contributed by atoms with Crippen molar-refractivity contribution in [3.63, 3.8) is 0 Å². The van der Waals surface area contributed by atoms with Crippen LogP contribution in [0.25, 0.3) is 0 Å². The Morgan fingerprint density at radius 2 is 2.42 bits per heavy atom. The molecule has 4 nitrogen and oxygen atoms in total. The number of hydrogen-bond acceptors (Lipinski definition) is 3. The van der Waals surface area contributed by atoms with E-state index in [0.29, 0.717) is 5.82 Å². The number of hydrogen-bond donors (Lipinski definition) is 2. The van der Waals surface area contributed by atoms with Crippen molar-refractivity contribution in [3.8, 4) is 0 Å². The van der Waals surface area contributed by atoms with E-state index in [-0.39, 0.29) is 0 Å². The highest BCUT2D eigenvalue weighted by Gasteiger charge is 1.95. The Labute approximate surface area is 78.4 Å². The van der Waals surface area contributed by atoms with E-state index in [4.69, 9.17) is 5.21 Å². The number of aliphatic imine (C=N–C) groups is 1. The van der Waals surface area contributed by atoms with E-state index in [1.54, 1.807) is 11.5 Å². The van der Waals surface area contributed by atoms with Crippen molar-refractivity contribution in [2.75, 3.05) is 0 Å². The van der Waals surface area contributed by atoms with Crippen molar-refractivity contribution in [2.45, 2.75) is 6.92 Å². The Kier molecular flexibility index (Phi) is 3.19. The van der Waals surface area contributed by atoms with Crippen LogP contribution in [0, 0.1) is 6.92 Å². The highest BCUT2D eigenvalue weighted by Crippen LogP contribution is 2.17. The maximum absolute atomic E-state index is 8.21. The lowest BCUT2D eigenvalue weighted by atomic mass is 10.3. The van der Waals surface area contributed by atoms with Crippen LogP contribution in [0.5, 0.6) is 0 Å². The molecule has 1 heterocycles. The van der Waals surface area contributed by atoms with Crippen molar-refractivity contribution in [3.05, 3.63) is 22.3 Å². The van der Waals surface area contributed by atoms with E-state index in [1.165, 1.54) is 0 Å². The molecule has 0 saturated carbocycles. The molecule has 0 radical (unpaired) electrons. The van der Waals surface area contributed by atoms with Gasteiger partial charge in [0.2, 0.25) is 0 Å². The molecule has 0 bridgehead atoms. The molecule has 0 saturated heterocycles. The molecule has 0 aliphatic rings. The van der Waals surface area contributed by atoms with Gasteiger partial charge in [0.1, 0.15) is 10.9 Å². The summed E-state index contributed by atoms with van der Waals surface area (Å²) >= 11 is 3.27. The van der Waals surface area contributed by atoms with Crippen LogP contribution < -0.4 is 5.48 Å². The number of aryl methyl sites for hydroxylation is 1. The minimum absolute atomic E-state index is 0.536. The topological polar surface area (TPSA) is 57.5 Å². The lowest BCUT2D eigenvalue weighted by Gasteiger charge is -1.97. The third-order valence-corrected chi connectivity index (χ3v) is 2.08. The summed E-state index contributed by atoms with van der Waals surface area (Å²) < 4.78 is 0.759. The molecule has 0 amide bonds. The molecule has 5 heteroatoms. The molecule has 0 aliphatic carbocycles. The number of nitrogens with zero attached hydrogens (tertiary/aromatic N) is 2. The van der Waals surface area contributed by atoms with Gasteiger partial charge in [-0.15, -0.1) is 0 Å². The molecule has 0 spiro atoms. The summed E-state index contributed by atoms with van der Waals surface area (Å²) in [6, 6.07) is 3.65. The summed E-state index contributed by atoms with van der Waals surface area (Å²) in [5, 5.41) is 8.21. The molecule has 0 atom stereocenters. The van der Waals surface area contributed by atoms with Crippen molar-refractivity contribution >= 4 is 28.1 Å². The zero-order chi connectivity index (χ0) is 8.97. The standard InChI is InChI=1S/C7H8BrN3O/c1-5-2-3-6(9-4-10-12)11-7(5)8/h2-4,12H,1H3,(H,9,10,11). The zero-order valence-electron chi connectivity index (χ0n) is 6.45. The zero-order valence-corrected chi connectivity index (χ0v) is 8.04. The molecule has 0 unspecified atom stereocenters. The van der Waals surface area contributed by atoms with Crippen LogP contribution in [0.4, 0.5) is 5.82 Å². The summed E-state index contributed by atoms with van der Waals surface area (Å²) in [7, 11) is 0. The molecule has 12 heavy (non-hydrogen) atoms. The fourth-order valence-corrected chi connectivity index (χ4v) is 0.975. The smallest absolute Gasteiger partial charge is 0.154 e. The quantitative estimate of drug-likeness (QED) is 0.352. The van der Waals surface area contributed by atoms with Crippen molar-refractivity contribution < 1.29 is 5.21 Å². The summed E-state index contributed by atoms with van der Waals surface area (Å²) in [4.78, 5) is 7.88. The SMILES string of the molecule is Cc1ccc(N=CNO)nc1Br. The Balaban J connectivity index is 2.89. The predicted octanol–water partition coefficient (Wildman–Crippen LogP) is 1.79. The van der Waals surface area contributed by atoms with Crippen LogP contribution in [0.2, 0.25) is 0 Å². The van der Waals surface area contributed by atoms with Gasteiger partial charge in [-0.25, -0.2) is 9.98 Å². The second-order valence-electron chi connectivity index (χ2n) is 2.16. The Morgan fingerprint density at radius 1 is 1.67 bits per heavy atom. The van der Waals surface area contributed by atoms with Gasteiger partial charge in [0.15, 0.2) is 5.82 Å². The minimum Gasteiger partial charge on any atom is -0.290 e. The van der Waals surface area contributed by atoms with E-state index in [9.17, 15) is 0 Å². The van der Waals surface area contributed by atoms with Crippen LogP contribution in [-0.2, 0) is 0 Å². The lowest BCUT2D eigenvalue weighted by Crippen LogP contribution is -2.01. The first-order valence-corrected chi connectivity index (χ1v) is 4.08. The number of nitrogens with one attached hydrogen (secondary N) is 1. The molecule has 0 fully saturated rings. The lowest BCUT2D eigenvalue weighted by molar-refractivity contribution is 0.240. The number of rotatable bonds is 2. The van der Waals surface area contributed by atoms with Gasteiger partial charge in [0.25, 0.3) is 0 Å². The van der Waals surface area contributed by atoms with Crippen molar-refractivity contribution in [2.24, 2.45) is 4.99 Å².